The average Bonchev–Trinajstić information content (AvgIpc) is 3.57. The highest BCUT2D eigenvalue weighted by Crippen LogP contribution is 2.30. The van der Waals surface area contributed by atoms with Crippen molar-refractivity contribution < 1.29 is 26.5 Å². The normalized spacial score (nSPS) is 17.7. The van der Waals surface area contributed by atoms with Crippen LogP contribution in [0.5, 0.6) is 0 Å². The molecule has 0 N–H and O–H groups in total. The molecular formula is C24H24F2N4O4S. The van der Waals surface area contributed by atoms with Crippen molar-refractivity contribution in [2.24, 2.45) is 0 Å². The summed E-state index contributed by atoms with van der Waals surface area (Å²) >= 11 is 0. The van der Waals surface area contributed by atoms with E-state index in [-0.39, 0.29) is 16.4 Å². The number of benzene rings is 2. The van der Waals surface area contributed by atoms with Crippen LogP contribution in [0, 0.1) is 11.6 Å². The monoisotopic (exact) mass is 502 g/mol. The van der Waals surface area contributed by atoms with Crippen molar-refractivity contribution in [2.75, 3.05) is 26.2 Å². The van der Waals surface area contributed by atoms with Crippen LogP contribution in [0.3, 0.4) is 0 Å². The van der Waals surface area contributed by atoms with E-state index in [1.165, 1.54) is 9.21 Å². The molecule has 0 spiro atoms. The van der Waals surface area contributed by atoms with Gasteiger partial charge >= 0.3 is 0 Å². The molecule has 3 heterocycles. The Morgan fingerprint density at radius 3 is 2.31 bits per heavy atom. The smallest absolute Gasteiger partial charge is 0.256 e. The van der Waals surface area contributed by atoms with Crippen LogP contribution in [0.25, 0.3) is 11.4 Å². The van der Waals surface area contributed by atoms with Gasteiger partial charge < -0.3 is 9.42 Å². The summed E-state index contributed by atoms with van der Waals surface area (Å²) in [5.41, 5.74) is 0.486. The van der Waals surface area contributed by atoms with Crippen molar-refractivity contribution in [2.45, 2.75) is 36.5 Å². The maximum absolute atomic E-state index is 14.0. The molecule has 2 aliphatic heterocycles. The average molecular weight is 503 g/mol. The fraction of sp³-hybridized carbons (Fsp3) is 0.375. The molecule has 2 aromatic carbocycles. The van der Waals surface area contributed by atoms with Crippen LogP contribution in [-0.2, 0) is 10.0 Å². The third kappa shape index (κ3) is 4.70. The molecule has 2 aliphatic rings. The van der Waals surface area contributed by atoms with Gasteiger partial charge in [0.05, 0.1) is 10.5 Å². The van der Waals surface area contributed by atoms with Crippen LogP contribution in [-0.4, -0.2) is 59.8 Å². The number of carbonyl (C=O) groups is 1. The van der Waals surface area contributed by atoms with E-state index < -0.39 is 27.6 Å². The number of likely N-dealkylation sites (tertiary alicyclic amines) is 1. The lowest BCUT2D eigenvalue weighted by atomic mass is 9.96. The quantitative estimate of drug-likeness (QED) is 0.526. The zero-order chi connectivity index (χ0) is 24.6. The number of rotatable bonds is 5. The first kappa shape index (κ1) is 23.6. The molecule has 11 heteroatoms. The number of sulfonamides is 1. The van der Waals surface area contributed by atoms with E-state index >= 15 is 0 Å². The van der Waals surface area contributed by atoms with E-state index in [0.29, 0.717) is 62.4 Å². The highest BCUT2D eigenvalue weighted by molar-refractivity contribution is 7.89. The standard InChI is InChI=1S/C24H24F2N4O4S/c25-18-5-8-20(21(26)15-18)24(31)29-13-9-17(10-14-29)23-27-22(28-34-23)16-3-6-19(7-4-16)35(32,33)30-11-1-2-12-30/h3-8,15,17H,1-2,9-14H2. The molecule has 1 aromatic heterocycles. The van der Waals surface area contributed by atoms with Crippen molar-refractivity contribution in [3.8, 4) is 11.4 Å². The molecule has 2 saturated heterocycles. The Balaban J connectivity index is 1.23. The van der Waals surface area contributed by atoms with Gasteiger partial charge in [0.1, 0.15) is 11.6 Å². The second-order valence-electron chi connectivity index (χ2n) is 8.78. The van der Waals surface area contributed by atoms with Gasteiger partial charge in [0.25, 0.3) is 5.91 Å². The summed E-state index contributed by atoms with van der Waals surface area (Å²) in [6.45, 7) is 1.84. The van der Waals surface area contributed by atoms with E-state index in [2.05, 4.69) is 10.1 Å². The number of halogens is 2. The third-order valence-electron chi connectivity index (χ3n) is 6.55. The summed E-state index contributed by atoms with van der Waals surface area (Å²) in [5.74, 6) is -1.35. The first-order chi connectivity index (χ1) is 16.8. The summed E-state index contributed by atoms with van der Waals surface area (Å²) in [7, 11) is -3.49. The Morgan fingerprint density at radius 2 is 1.66 bits per heavy atom. The van der Waals surface area contributed by atoms with E-state index in [4.69, 9.17) is 4.52 Å². The Labute approximate surface area is 201 Å². The molecule has 0 atom stereocenters. The molecule has 3 aromatic rings. The maximum Gasteiger partial charge on any atom is 0.256 e. The Morgan fingerprint density at radius 1 is 0.971 bits per heavy atom. The summed E-state index contributed by atoms with van der Waals surface area (Å²) in [4.78, 5) is 18.9. The zero-order valence-electron chi connectivity index (χ0n) is 18.9. The molecular weight excluding hydrogens is 478 g/mol. The van der Waals surface area contributed by atoms with E-state index in [9.17, 15) is 22.0 Å². The van der Waals surface area contributed by atoms with Crippen molar-refractivity contribution in [3.05, 3.63) is 65.6 Å². The van der Waals surface area contributed by atoms with Gasteiger partial charge in [0.15, 0.2) is 0 Å². The summed E-state index contributed by atoms with van der Waals surface area (Å²) in [5, 5.41) is 4.04. The highest BCUT2D eigenvalue weighted by atomic mass is 32.2. The molecule has 0 unspecified atom stereocenters. The van der Waals surface area contributed by atoms with Crippen molar-refractivity contribution in [3.63, 3.8) is 0 Å². The second-order valence-corrected chi connectivity index (χ2v) is 10.7. The molecule has 2 fully saturated rings. The molecule has 0 bridgehead atoms. The van der Waals surface area contributed by atoms with E-state index in [1.54, 1.807) is 24.3 Å². The molecule has 1 amide bonds. The lowest BCUT2D eigenvalue weighted by Crippen LogP contribution is -2.38. The number of aromatic nitrogens is 2. The predicted octanol–water partition coefficient (Wildman–Crippen LogP) is 3.82. The first-order valence-corrected chi connectivity index (χ1v) is 13.0. The molecule has 0 radical (unpaired) electrons. The third-order valence-corrected chi connectivity index (χ3v) is 8.46. The SMILES string of the molecule is O=C(c1ccc(F)cc1F)N1CCC(c2nc(-c3ccc(S(=O)(=O)N4CCCC4)cc3)no2)CC1. The number of hydrogen-bond donors (Lipinski definition) is 0. The molecule has 184 valence electrons. The lowest BCUT2D eigenvalue weighted by molar-refractivity contribution is 0.0699. The minimum atomic E-state index is -3.49. The minimum absolute atomic E-state index is 0.0619. The van der Waals surface area contributed by atoms with Gasteiger partial charge in [-0.15, -0.1) is 0 Å². The number of amides is 1. The van der Waals surface area contributed by atoms with Crippen molar-refractivity contribution in [1.29, 1.82) is 0 Å². The van der Waals surface area contributed by atoms with Crippen LogP contribution in [0.4, 0.5) is 8.78 Å². The number of hydrogen-bond acceptors (Lipinski definition) is 6. The van der Waals surface area contributed by atoms with Gasteiger partial charge in [-0.05, 0) is 62.1 Å². The fourth-order valence-corrected chi connectivity index (χ4v) is 6.05. The Hall–Kier alpha value is -3.18. The van der Waals surface area contributed by atoms with Crippen molar-refractivity contribution >= 4 is 15.9 Å². The summed E-state index contributed by atoms with van der Waals surface area (Å²) in [6.07, 6.45) is 2.87. The van der Waals surface area contributed by atoms with Crippen LogP contribution >= 0.6 is 0 Å². The van der Waals surface area contributed by atoms with Gasteiger partial charge in [-0.3, -0.25) is 4.79 Å². The van der Waals surface area contributed by atoms with Crippen molar-refractivity contribution in [1.82, 2.24) is 19.3 Å². The Kier molecular flexibility index (Phi) is 6.37. The highest BCUT2D eigenvalue weighted by Gasteiger charge is 2.30. The van der Waals surface area contributed by atoms with E-state index in [0.717, 1.165) is 25.0 Å². The van der Waals surface area contributed by atoms with Gasteiger partial charge in [-0.1, -0.05) is 5.16 Å². The second kappa shape index (κ2) is 9.46. The summed E-state index contributed by atoms with van der Waals surface area (Å²) < 4.78 is 59.5. The number of nitrogens with zero attached hydrogens (tertiary/aromatic N) is 4. The number of carbonyl (C=O) groups excluding carboxylic acids is 1. The summed E-state index contributed by atoms with van der Waals surface area (Å²) in [6, 6.07) is 9.36. The number of piperidine rings is 1. The minimum Gasteiger partial charge on any atom is -0.339 e. The predicted molar refractivity (Wildman–Crippen MR) is 122 cm³/mol. The molecule has 35 heavy (non-hydrogen) atoms. The van der Waals surface area contributed by atoms with Crippen LogP contribution < -0.4 is 0 Å². The van der Waals surface area contributed by atoms with Crippen LogP contribution in [0.15, 0.2) is 51.9 Å². The lowest BCUT2D eigenvalue weighted by Gasteiger charge is -2.30. The van der Waals surface area contributed by atoms with Gasteiger partial charge in [-0.25, -0.2) is 17.2 Å². The zero-order valence-corrected chi connectivity index (χ0v) is 19.7. The molecule has 0 aliphatic carbocycles. The fourth-order valence-electron chi connectivity index (χ4n) is 4.53. The first-order valence-electron chi connectivity index (χ1n) is 11.5. The molecule has 0 saturated carbocycles. The van der Waals surface area contributed by atoms with Crippen LogP contribution in [0.1, 0.15) is 47.8 Å². The van der Waals surface area contributed by atoms with Gasteiger partial charge in [0.2, 0.25) is 21.7 Å². The molecule has 5 rings (SSSR count). The topological polar surface area (TPSA) is 96.6 Å². The van der Waals surface area contributed by atoms with Gasteiger partial charge in [-0.2, -0.15) is 9.29 Å². The van der Waals surface area contributed by atoms with Crippen LogP contribution in [0.2, 0.25) is 0 Å². The largest absolute Gasteiger partial charge is 0.339 e. The Bertz CT molecular complexity index is 1330. The maximum atomic E-state index is 14.0. The molecule has 8 nitrogen and oxygen atoms in total. The van der Waals surface area contributed by atoms with Gasteiger partial charge in [0, 0.05) is 43.7 Å². The van der Waals surface area contributed by atoms with E-state index in [1.807, 2.05) is 0 Å².